The number of hydrogen-bond acceptors (Lipinski definition) is 4. The first-order chi connectivity index (χ1) is 29.8. The number of nitrogens with zero attached hydrogens (tertiary/aromatic N) is 2. The normalized spacial score (nSPS) is 13.0. The first kappa shape index (κ1) is 36.9. The molecule has 0 aliphatic carbocycles. The lowest BCUT2D eigenvalue weighted by molar-refractivity contribution is 0.792. The van der Waals surface area contributed by atoms with Crippen molar-refractivity contribution in [2.24, 2.45) is 0 Å². The molecule has 0 saturated heterocycles. The van der Waals surface area contributed by atoms with E-state index >= 15 is 19.2 Å². The molecule has 0 unspecified atom stereocenters. The summed E-state index contributed by atoms with van der Waals surface area (Å²) in [5.41, 5.74) is 3.88. The molecule has 0 N–H and O–H groups in total. The van der Waals surface area contributed by atoms with Crippen LogP contribution < -0.4 is 22.2 Å². The zero-order chi connectivity index (χ0) is 42.9. The maximum atomic E-state index is 15.6. The van der Waals surface area contributed by atoms with Crippen molar-refractivity contribution >= 4 is 97.0 Å². The van der Waals surface area contributed by atoms with Crippen LogP contribution in [0, 0.1) is 0 Å². The second-order valence-corrected chi connectivity index (χ2v) is 18.9. The van der Waals surface area contributed by atoms with Crippen molar-refractivity contribution in [1.82, 2.24) is 9.13 Å². The van der Waals surface area contributed by atoms with Crippen LogP contribution in [-0.4, -0.2) is 9.13 Å². The highest BCUT2D eigenvalue weighted by molar-refractivity contribution is 6.54. The summed E-state index contributed by atoms with van der Waals surface area (Å²) >= 11 is 0. The summed E-state index contributed by atoms with van der Waals surface area (Å²) in [7, 11) is 0. The Balaban J connectivity index is 1.36. The van der Waals surface area contributed by atoms with Crippen molar-refractivity contribution in [2.75, 3.05) is 0 Å². The smallest absolute Gasteiger partial charge is 0.266 e. The highest BCUT2D eigenvalue weighted by Crippen LogP contribution is 2.54. The van der Waals surface area contributed by atoms with Crippen LogP contribution in [0.5, 0.6) is 0 Å². The highest BCUT2D eigenvalue weighted by Gasteiger charge is 2.32. The number of pyridine rings is 2. The van der Waals surface area contributed by atoms with Crippen LogP contribution in [-0.2, 0) is 0 Å². The molecular weight excluding hydrogens is 765 g/mol. The number of hydrogen-bond donors (Lipinski definition) is 0. The molecule has 0 radical (unpaired) electrons. The Bertz CT molecular complexity index is 3810. The summed E-state index contributed by atoms with van der Waals surface area (Å²) in [5, 5.41) is 14.2. The number of benzene rings is 10. The maximum absolute atomic E-state index is 15.6. The van der Waals surface area contributed by atoms with Gasteiger partial charge in [0.25, 0.3) is 22.2 Å². The summed E-state index contributed by atoms with van der Waals surface area (Å²) in [6, 6.07) is 32.3. The topological polar surface area (TPSA) is 78.1 Å². The summed E-state index contributed by atoms with van der Waals surface area (Å²) < 4.78 is 2.92. The van der Waals surface area contributed by atoms with E-state index in [2.05, 4.69) is 67.5 Å². The van der Waals surface area contributed by atoms with Crippen LogP contribution in [0.4, 0.5) is 0 Å². The third kappa shape index (κ3) is 4.30. The van der Waals surface area contributed by atoms with Crippen LogP contribution >= 0.6 is 0 Å². The summed E-state index contributed by atoms with van der Waals surface area (Å²) in [4.78, 5) is 61.5. The maximum Gasteiger partial charge on any atom is 0.266 e. The fourth-order valence-corrected chi connectivity index (χ4v) is 11.6. The van der Waals surface area contributed by atoms with Crippen molar-refractivity contribution in [3.05, 3.63) is 161 Å². The molecule has 2 heterocycles. The Kier molecular flexibility index (Phi) is 7.35. The molecule has 2 aromatic heterocycles. The van der Waals surface area contributed by atoms with Gasteiger partial charge in [0.05, 0.1) is 22.1 Å². The van der Waals surface area contributed by atoms with Gasteiger partial charge in [0.1, 0.15) is 0 Å². The molecule has 62 heavy (non-hydrogen) atoms. The van der Waals surface area contributed by atoms with E-state index in [1.54, 1.807) is 0 Å². The number of rotatable bonds is 6. The van der Waals surface area contributed by atoms with Gasteiger partial charge in [0.15, 0.2) is 0 Å². The zero-order valence-electron chi connectivity index (χ0n) is 36.1. The molecule has 12 rings (SSSR count). The summed E-state index contributed by atoms with van der Waals surface area (Å²) in [5.74, 6) is 0.280. The number of fused-ring (bicyclic) bond motifs is 4. The Hall–Kier alpha value is -6.92. The lowest BCUT2D eigenvalue weighted by atomic mass is 9.78. The first-order valence-electron chi connectivity index (χ1n) is 22.0. The quantitative estimate of drug-likeness (QED) is 0.124. The fourth-order valence-electron chi connectivity index (χ4n) is 11.6. The minimum atomic E-state index is -0.331. The molecule has 0 aliphatic rings. The minimum Gasteiger partial charge on any atom is -0.268 e. The lowest BCUT2D eigenvalue weighted by Gasteiger charge is -2.26. The molecule has 0 amide bonds. The Morgan fingerprint density at radius 1 is 0.274 bits per heavy atom. The van der Waals surface area contributed by atoms with Crippen LogP contribution in [0.3, 0.4) is 0 Å². The van der Waals surface area contributed by atoms with E-state index < -0.39 is 0 Å². The van der Waals surface area contributed by atoms with E-state index in [-0.39, 0.29) is 45.9 Å². The van der Waals surface area contributed by atoms with Crippen LogP contribution in [0.15, 0.2) is 116 Å². The van der Waals surface area contributed by atoms with E-state index in [1.807, 2.05) is 84.9 Å². The van der Waals surface area contributed by atoms with Crippen molar-refractivity contribution in [3.8, 4) is 11.4 Å². The van der Waals surface area contributed by atoms with Crippen LogP contribution in [0.1, 0.15) is 101 Å². The van der Waals surface area contributed by atoms with E-state index in [1.165, 1.54) is 9.13 Å². The van der Waals surface area contributed by atoms with Crippen molar-refractivity contribution < 1.29 is 0 Å². The molecule has 0 aliphatic heterocycles. The van der Waals surface area contributed by atoms with Gasteiger partial charge in [-0.3, -0.25) is 19.2 Å². The van der Waals surface area contributed by atoms with Gasteiger partial charge in [-0.2, -0.15) is 0 Å². The highest BCUT2D eigenvalue weighted by atomic mass is 16.2. The van der Waals surface area contributed by atoms with E-state index in [0.29, 0.717) is 43.7 Å². The van der Waals surface area contributed by atoms with Gasteiger partial charge in [-0.25, -0.2) is 9.13 Å². The second kappa shape index (κ2) is 12.3. The number of para-hydroxylation sites is 2. The molecule has 302 valence electrons. The van der Waals surface area contributed by atoms with E-state index in [4.69, 9.17) is 0 Å². The summed E-state index contributed by atoms with van der Waals surface area (Å²) in [6.07, 6.45) is 0. The zero-order valence-corrected chi connectivity index (χ0v) is 36.1. The largest absolute Gasteiger partial charge is 0.268 e. The molecule has 6 nitrogen and oxygen atoms in total. The number of aromatic nitrogens is 2. The molecule has 12 aromatic rings. The predicted molar refractivity (Wildman–Crippen MR) is 260 cm³/mol. The van der Waals surface area contributed by atoms with Gasteiger partial charge in [-0.15, -0.1) is 0 Å². The Labute approximate surface area is 355 Å². The standard InChI is InChI=1S/C56H44N2O4/c1-25(2)29-13-9-14-30(26(3)4)51(29)57-53(59)39-23-21-35-36-22-24-40-46-44(36)50-42-34(33-17-11-19-37-41(33)49(50)43(35)45(39)47(37)55(57)61)18-12-20-38(42)48(46)56(62)58(54(40)60)52-31(27(5)6)15-10-16-32(52)28(7)8/h9-28H,1-8H3. The monoisotopic (exact) mass is 808 g/mol. The Morgan fingerprint density at radius 3 is 0.887 bits per heavy atom. The van der Waals surface area contributed by atoms with Gasteiger partial charge >= 0.3 is 0 Å². The minimum absolute atomic E-state index is 0.0700. The molecule has 0 spiro atoms. The van der Waals surface area contributed by atoms with E-state index in [0.717, 1.165) is 86.9 Å². The molecule has 10 aromatic carbocycles. The lowest BCUT2D eigenvalue weighted by Crippen LogP contribution is -2.34. The molecule has 0 saturated carbocycles. The van der Waals surface area contributed by atoms with E-state index in [9.17, 15) is 0 Å². The van der Waals surface area contributed by atoms with Crippen molar-refractivity contribution in [3.63, 3.8) is 0 Å². The van der Waals surface area contributed by atoms with Crippen molar-refractivity contribution in [1.29, 1.82) is 0 Å². The van der Waals surface area contributed by atoms with Gasteiger partial charge < -0.3 is 0 Å². The van der Waals surface area contributed by atoms with Gasteiger partial charge in [-0.1, -0.05) is 140 Å². The third-order valence-electron chi connectivity index (χ3n) is 14.2. The van der Waals surface area contributed by atoms with Crippen molar-refractivity contribution in [2.45, 2.75) is 79.1 Å². The molecule has 0 bridgehead atoms. The van der Waals surface area contributed by atoms with Crippen LogP contribution in [0.2, 0.25) is 0 Å². The first-order valence-corrected chi connectivity index (χ1v) is 22.0. The average Bonchev–Trinajstić information content (AvgIpc) is 3.25. The molecule has 0 fully saturated rings. The summed E-state index contributed by atoms with van der Waals surface area (Å²) in [6.45, 7) is 16.8. The molecule has 0 atom stereocenters. The third-order valence-corrected chi connectivity index (χ3v) is 14.2. The van der Waals surface area contributed by atoms with Gasteiger partial charge in [-0.05, 0) is 123 Å². The predicted octanol–water partition coefficient (Wildman–Crippen LogP) is 12.8. The molecular formula is C56H44N2O4. The van der Waals surface area contributed by atoms with Gasteiger partial charge in [0.2, 0.25) is 0 Å². The average molecular weight is 809 g/mol. The fraction of sp³-hybridized carbons (Fsp3) is 0.214. The second-order valence-electron chi connectivity index (χ2n) is 18.9. The SMILES string of the molecule is CC(C)c1cccc(C(C)C)c1-n1c(=O)c2ccc3c4ccc5c(=O)n(-c6c(C(C)C)cccc6C(C)C)c(=O)c6c7cccc8c9cccc%10c(c1=O)c2c3c(c9%10)c(c87)c4c56. The molecule has 6 heteroatoms. The van der Waals surface area contributed by atoms with Gasteiger partial charge in [0, 0.05) is 21.5 Å². The van der Waals surface area contributed by atoms with Crippen LogP contribution in [0.25, 0.3) is 108 Å². The Morgan fingerprint density at radius 2 is 0.548 bits per heavy atom.